The summed E-state index contributed by atoms with van der Waals surface area (Å²) in [6, 6.07) is 0.393. The lowest BCUT2D eigenvalue weighted by Gasteiger charge is -2.10. The first kappa shape index (κ1) is 12.1. The van der Waals surface area contributed by atoms with Gasteiger partial charge in [-0.15, -0.1) is 5.10 Å². The molecule has 16 heavy (non-hydrogen) atoms. The van der Waals surface area contributed by atoms with Gasteiger partial charge in [0.05, 0.1) is 0 Å². The maximum absolute atomic E-state index is 11.5. The van der Waals surface area contributed by atoms with Crippen LogP contribution in [0.4, 0.5) is 0 Å². The van der Waals surface area contributed by atoms with E-state index in [1.165, 1.54) is 0 Å². The number of nitrogens with one attached hydrogen (secondary N) is 1. The fraction of sp³-hybridized carbons (Fsp3) is 0.800. The van der Waals surface area contributed by atoms with Crippen LogP contribution >= 0.6 is 24.4 Å². The number of aromatic nitrogens is 3. The van der Waals surface area contributed by atoms with Gasteiger partial charge in [-0.1, -0.05) is 25.1 Å². The average molecular weight is 259 g/mol. The van der Waals surface area contributed by atoms with Crippen molar-refractivity contribution in [1.29, 1.82) is 0 Å². The zero-order chi connectivity index (χ0) is 11.5. The van der Waals surface area contributed by atoms with Crippen molar-refractivity contribution in [2.24, 2.45) is 5.92 Å². The molecule has 2 rings (SSSR count). The summed E-state index contributed by atoms with van der Waals surface area (Å²) >= 11 is 5.98. The average Bonchev–Trinajstić information content (AvgIpc) is 3.05. The van der Waals surface area contributed by atoms with Crippen LogP contribution in [-0.2, 0) is 0 Å². The van der Waals surface area contributed by atoms with Crippen molar-refractivity contribution in [1.82, 2.24) is 14.8 Å². The van der Waals surface area contributed by atoms with E-state index in [1.54, 1.807) is 16.3 Å². The molecule has 0 aromatic carbocycles. The summed E-state index contributed by atoms with van der Waals surface area (Å²) in [5.41, 5.74) is -0.0658. The normalized spacial score (nSPS) is 17.6. The summed E-state index contributed by atoms with van der Waals surface area (Å²) in [5, 5.41) is 7.46. The molecule has 1 N–H and O–H groups in total. The Morgan fingerprint density at radius 3 is 3.00 bits per heavy atom. The van der Waals surface area contributed by atoms with Gasteiger partial charge in [0.15, 0.2) is 5.16 Å². The molecule has 6 heteroatoms. The van der Waals surface area contributed by atoms with Gasteiger partial charge < -0.3 is 0 Å². The summed E-state index contributed by atoms with van der Waals surface area (Å²) in [4.78, 5) is 11.5. The molecule has 1 heterocycles. The molecule has 90 valence electrons. The number of aromatic amines is 1. The fourth-order valence-electron chi connectivity index (χ4n) is 1.54. The molecule has 0 spiro atoms. The molecule has 0 amide bonds. The van der Waals surface area contributed by atoms with Crippen LogP contribution in [0.15, 0.2) is 9.95 Å². The van der Waals surface area contributed by atoms with Gasteiger partial charge in [-0.3, -0.25) is 4.57 Å². The van der Waals surface area contributed by atoms with Crippen LogP contribution in [-0.4, -0.2) is 26.3 Å². The third kappa shape index (κ3) is 2.66. The summed E-state index contributed by atoms with van der Waals surface area (Å²) in [5.74, 6) is 2.46. The summed E-state index contributed by atoms with van der Waals surface area (Å²) in [7, 11) is 0. The van der Waals surface area contributed by atoms with Crippen molar-refractivity contribution < 1.29 is 0 Å². The van der Waals surface area contributed by atoms with E-state index in [1.807, 2.05) is 0 Å². The van der Waals surface area contributed by atoms with Crippen LogP contribution in [0.3, 0.4) is 0 Å². The predicted octanol–water partition coefficient (Wildman–Crippen LogP) is 1.95. The van der Waals surface area contributed by atoms with Crippen molar-refractivity contribution >= 4 is 24.4 Å². The number of hydrogen-bond acceptors (Lipinski definition) is 4. The third-order valence-electron chi connectivity index (χ3n) is 2.87. The van der Waals surface area contributed by atoms with E-state index < -0.39 is 0 Å². The topological polar surface area (TPSA) is 50.7 Å². The van der Waals surface area contributed by atoms with Crippen LogP contribution in [0.2, 0.25) is 0 Å². The van der Waals surface area contributed by atoms with Gasteiger partial charge in [0.25, 0.3) is 0 Å². The molecule has 0 bridgehead atoms. The van der Waals surface area contributed by atoms with E-state index >= 15 is 0 Å². The SMILES string of the molecule is CCC(CS)CSc1n[nH]c(=O)n1C1CC1. The van der Waals surface area contributed by atoms with Crippen LogP contribution in [0.5, 0.6) is 0 Å². The zero-order valence-corrected chi connectivity index (χ0v) is 11.1. The molecule has 0 radical (unpaired) electrons. The van der Waals surface area contributed by atoms with Gasteiger partial charge >= 0.3 is 5.69 Å². The smallest absolute Gasteiger partial charge is 0.267 e. The highest BCUT2D eigenvalue weighted by Gasteiger charge is 2.28. The Balaban J connectivity index is 2.01. The molecule has 1 atom stereocenters. The Hall–Kier alpha value is -0.360. The number of nitrogens with zero attached hydrogens (tertiary/aromatic N) is 2. The van der Waals surface area contributed by atoms with Gasteiger partial charge in [0.2, 0.25) is 0 Å². The van der Waals surface area contributed by atoms with E-state index in [0.29, 0.717) is 12.0 Å². The van der Waals surface area contributed by atoms with E-state index in [2.05, 4.69) is 29.7 Å². The first-order chi connectivity index (χ1) is 7.76. The maximum Gasteiger partial charge on any atom is 0.344 e. The zero-order valence-electron chi connectivity index (χ0n) is 9.35. The monoisotopic (exact) mass is 259 g/mol. The first-order valence-corrected chi connectivity index (χ1v) is 7.28. The molecule has 1 saturated carbocycles. The molecule has 1 aromatic rings. The second-order valence-electron chi connectivity index (χ2n) is 4.18. The van der Waals surface area contributed by atoms with Crippen LogP contribution < -0.4 is 5.69 Å². The van der Waals surface area contributed by atoms with Crippen molar-refractivity contribution in [3.8, 4) is 0 Å². The lowest BCUT2D eigenvalue weighted by molar-refractivity contribution is 0.629. The quantitative estimate of drug-likeness (QED) is 0.606. The molecule has 0 saturated heterocycles. The van der Waals surface area contributed by atoms with Gasteiger partial charge in [-0.2, -0.15) is 12.6 Å². The minimum Gasteiger partial charge on any atom is -0.267 e. The minimum atomic E-state index is -0.0658. The lowest BCUT2D eigenvalue weighted by atomic mass is 10.2. The Kier molecular flexibility index (Phi) is 4.02. The van der Waals surface area contributed by atoms with Crippen molar-refractivity contribution in [3.63, 3.8) is 0 Å². The Bertz CT molecular complexity index is 393. The highest BCUT2D eigenvalue weighted by molar-refractivity contribution is 7.99. The van der Waals surface area contributed by atoms with Crippen LogP contribution in [0, 0.1) is 5.92 Å². The van der Waals surface area contributed by atoms with Gasteiger partial charge in [0.1, 0.15) is 0 Å². The van der Waals surface area contributed by atoms with Crippen molar-refractivity contribution in [2.75, 3.05) is 11.5 Å². The number of thiol groups is 1. The van der Waals surface area contributed by atoms with Gasteiger partial charge in [-0.25, -0.2) is 9.89 Å². The Morgan fingerprint density at radius 1 is 1.69 bits per heavy atom. The highest BCUT2D eigenvalue weighted by Crippen LogP contribution is 2.36. The molecule has 1 aromatic heterocycles. The first-order valence-electron chi connectivity index (χ1n) is 5.66. The molecule has 1 fully saturated rings. The van der Waals surface area contributed by atoms with E-state index in [4.69, 9.17) is 0 Å². The fourth-order valence-corrected chi connectivity index (χ4v) is 3.32. The second-order valence-corrected chi connectivity index (χ2v) is 5.53. The van der Waals surface area contributed by atoms with Crippen molar-refractivity contribution in [3.05, 3.63) is 10.5 Å². The lowest BCUT2D eigenvalue weighted by Crippen LogP contribution is -2.16. The second kappa shape index (κ2) is 5.31. The highest BCUT2D eigenvalue weighted by atomic mass is 32.2. The molecular weight excluding hydrogens is 242 g/mol. The van der Waals surface area contributed by atoms with Crippen LogP contribution in [0.25, 0.3) is 0 Å². The number of H-pyrrole nitrogens is 1. The molecule has 4 nitrogen and oxygen atoms in total. The molecule has 0 aliphatic heterocycles. The Morgan fingerprint density at radius 2 is 2.44 bits per heavy atom. The largest absolute Gasteiger partial charge is 0.344 e. The van der Waals surface area contributed by atoms with E-state index in [9.17, 15) is 4.79 Å². The predicted molar refractivity (Wildman–Crippen MR) is 69.5 cm³/mol. The molecule has 1 aliphatic rings. The third-order valence-corrected chi connectivity index (χ3v) is 4.57. The summed E-state index contributed by atoms with van der Waals surface area (Å²) in [6.07, 6.45) is 3.34. The standard InChI is InChI=1S/C10H17N3OS2/c1-2-7(5-15)6-16-10-12-11-9(14)13(10)8-3-4-8/h7-8,15H,2-6H2,1H3,(H,11,14). The number of thioether (sulfide) groups is 1. The number of rotatable bonds is 6. The maximum atomic E-state index is 11.5. The minimum absolute atomic E-state index is 0.0658. The van der Waals surface area contributed by atoms with E-state index in [0.717, 1.165) is 35.9 Å². The molecule has 1 aliphatic carbocycles. The van der Waals surface area contributed by atoms with E-state index in [-0.39, 0.29) is 5.69 Å². The number of hydrogen-bond donors (Lipinski definition) is 2. The molecule has 1 unspecified atom stereocenters. The van der Waals surface area contributed by atoms with Gasteiger partial charge in [-0.05, 0) is 24.5 Å². The van der Waals surface area contributed by atoms with Gasteiger partial charge in [0, 0.05) is 11.8 Å². The summed E-state index contributed by atoms with van der Waals surface area (Å²) in [6.45, 7) is 2.17. The Labute approximate surface area is 105 Å². The summed E-state index contributed by atoms with van der Waals surface area (Å²) < 4.78 is 1.80. The molecular formula is C10H17N3OS2. The van der Waals surface area contributed by atoms with Crippen LogP contribution in [0.1, 0.15) is 32.2 Å². The van der Waals surface area contributed by atoms with Crippen molar-refractivity contribution in [2.45, 2.75) is 37.4 Å².